The number of hydrazone groups is 1. The number of aromatic nitrogens is 2. The number of aromatic amines is 1. The molecule has 0 aliphatic rings. The zero-order valence-electron chi connectivity index (χ0n) is 9.02. The molecule has 18 heavy (non-hydrogen) atoms. The molecule has 0 saturated carbocycles. The van der Waals surface area contributed by atoms with Crippen LogP contribution in [0.15, 0.2) is 44.8 Å². The maximum absolute atomic E-state index is 11.2. The van der Waals surface area contributed by atoms with Gasteiger partial charge >= 0.3 is 0 Å². The molecule has 0 aliphatic carbocycles. The Labute approximate surface area is 116 Å². The smallest absolute Gasteiger partial charge is 0.275 e. The SMILES string of the molecule is O=c1[nH]ncc(N/N=C\c2cccc(Br)c2)c1Cl. The first-order valence-corrected chi connectivity index (χ1v) is 6.12. The van der Waals surface area contributed by atoms with Crippen LogP contribution in [0, 0.1) is 0 Å². The van der Waals surface area contributed by atoms with Crippen LogP contribution in [-0.4, -0.2) is 16.4 Å². The first-order valence-electron chi connectivity index (χ1n) is 4.94. The highest BCUT2D eigenvalue weighted by atomic mass is 79.9. The molecule has 0 spiro atoms. The van der Waals surface area contributed by atoms with Gasteiger partial charge < -0.3 is 0 Å². The lowest BCUT2D eigenvalue weighted by Crippen LogP contribution is -2.10. The van der Waals surface area contributed by atoms with Crippen LogP contribution < -0.4 is 11.0 Å². The van der Waals surface area contributed by atoms with Crippen molar-refractivity contribution < 1.29 is 0 Å². The highest BCUT2D eigenvalue weighted by Gasteiger charge is 2.02. The van der Waals surface area contributed by atoms with Crippen LogP contribution in [-0.2, 0) is 0 Å². The molecule has 0 saturated heterocycles. The first-order chi connectivity index (χ1) is 8.66. The molecule has 92 valence electrons. The third kappa shape index (κ3) is 3.18. The molecule has 1 heterocycles. The molecule has 0 aliphatic heterocycles. The van der Waals surface area contributed by atoms with Crippen LogP contribution >= 0.6 is 27.5 Å². The van der Waals surface area contributed by atoms with Gasteiger partial charge in [0, 0.05) is 4.47 Å². The number of rotatable bonds is 3. The summed E-state index contributed by atoms with van der Waals surface area (Å²) >= 11 is 9.13. The van der Waals surface area contributed by atoms with Gasteiger partial charge in [-0.05, 0) is 17.7 Å². The van der Waals surface area contributed by atoms with Gasteiger partial charge in [-0.1, -0.05) is 39.7 Å². The summed E-state index contributed by atoms with van der Waals surface area (Å²) in [6.07, 6.45) is 3.00. The molecule has 7 heteroatoms. The monoisotopic (exact) mass is 326 g/mol. The highest BCUT2D eigenvalue weighted by Crippen LogP contribution is 2.14. The van der Waals surface area contributed by atoms with E-state index in [0.717, 1.165) is 10.0 Å². The van der Waals surface area contributed by atoms with Crippen LogP contribution in [0.4, 0.5) is 5.69 Å². The fourth-order valence-electron chi connectivity index (χ4n) is 1.22. The van der Waals surface area contributed by atoms with E-state index >= 15 is 0 Å². The lowest BCUT2D eigenvalue weighted by Gasteiger charge is -2.00. The van der Waals surface area contributed by atoms with E-state index < -0.39 is 5.56 Å². The second-order valence-electron chi connectivity index (χ2n) is 3.35. The molecule has 1 aromatic carbocycles. The van der Waals surface area contributed by atoms with Crippen molar-refractivity contribution in [3.63, 3.8) is 0 Å². The Morgan fingerprint density at radius 1 is 1.50 bits per heavy atom. The van der Waals surface area contributed by atoms with Gasteiger partial charge in [-0.25, -0.2) is 5.10 Å². The Kier molecular flexibility index (Phi) is 4.11. The maximum atomic E-state index is 11.2. The minimum Gasteiger partial charge on any atom is -0.275 e. The summed E-state index contributed by atoms with van der Waals surface area (Å²) in [5, 5.41) is 9.85. The molecular formula is C11H8BrClN4O. The zero-order chi connectivity index (χ0) is 13.0. The fraction of sp³-hybridized carbons (Fsp3) is 0. The number of anilines is 1. The number of nitrogens with zero attached hydrogens (tertiary/aromatic N) is 2. The lowest BCUT2D eigenvalue weighted by molar-refractivity contribution is 0.987. The van der Waals surface area contributed by atoms with Gasteiger partial charge in [0.05, 0.1) is 12.4 Å². The van der Waals surface area contributed by atoms with Gasteiger partial charge in [-0.15, -0.1) is 0 Å². The molecule has 0 unspecified atom stereocenters. The number of hydrogen-bond donors (Lipinski definition) is 2. The van der Waals surface area contributed by atoms with Gasteiger partial charge in [0.15, 0.2) is 0 Å². The molecule has 2 rings (SSSR count). The van der Waals surface area contributed by atoms with E-state index in [1.165, 1.54) is 6.20 Å². The van der Waals surface area contributed by atoms with Crippen LogP contribution in [0.1, 0.15) is 5.56 Å². The van der Waals surface area contributed by atoms with Crippen molar-refractivity contribution in [1.29, 1.82) is 0 Å². The van der Waals surface area contributed by atoms with Crippen LogP contribution in [0.25, 0.3) is 0 Å². The second-order valence-corrected chi connectivity index (χ2v) is 4.65. The predicted molar refractivity (Wildman–Crippen MR) is 75.2 cm³/mol. The maximum Gasteiger partial charge on any atom is 0.285 e. The summed E-state index contributed by atoms with van der Waals surface area (Å²) in [7, 11) is 0. The predicted octanol–water partition coefficient (Wildman–Crippen LogP) is 2.63. The molecule has 1 aromatic heterocycles. The molecule has 2 N–H and O–H groups in total. The van der Waals surface area contributed by atoms with Gasteiger partial charge in [0.2, 0.25) is 0 Å². The number of benzene rings is 1. The highest BCUT2D eigenvalue weighted by molar-refractivity contribution is 9.10. The van der Waals surface area contributed by atoms with Crippen molar-refractivity contribution >= 4 is 39.4 Å². The van der Waals surface area contributed by atoms with Gasteiger partial charge in [-0.2, -0.15) is 10.2 Å². The topological polar surface area (TPSA) is 70.1 Å². The molecular weight excluding hydrogens is 320 g/mol. The van der Waals surface area contributed by atoms with Crippen molar-refractivity contribution in [2.75, 3.05) is 5.43 Å². The van der Waals surface area contributed by atoms with Crippen molar-refractivity contribution in [3.05, 3.63) is 55.9 Å². The average molecular weight is 328 g/mol. The molecule has 0 amide bonds. The van der Waals surface area contributed by atoms with Crippen molar-refractivity contribution in [3.8, 4) is 0 Å². The molecule has 5 nitrogen and oxygen atoms in total. The van der Waals surface area contributed by atoms with Gasteiger partial charge in [0.1, 0.15) is 10.7 Å². The van der Waals surface area contributed by atoms with E-state index in [0.29, 0.717) is 5.69 Å². The van der Waals surface area contributed by atoms with E-state index in [2.05, 4.69) is 36.7 Å². The molecule has 0 fully saturated rings. The third-order valence-corrected chi connectivity index (χ3v) is 2.91. The van der Waals surface area contributed by atoms with Crippen LogP contribution in [0.2, 0.25) is 5.02 Å². The zero-order valence-corrected chi connectivity index (χ0v) is 11.4. The third-order valence-electron chi connectivity index (χ3n) is 2.04. The summed E-state index contributed by atoms with van der Waals surface area (Å²) in [4.78, 5) is 11.2. The Morgan fingerprint density at radius 2 is 2.33 bits per heavy atom. The second kappa shape index (κ2) is 5.79. The standard InChI is InChI=1S/C11H8BrClN4O/c12-8-3-1-2-7(4-8)5-14-16-9-6-15-17-11(18)10(9)13/h1-6H,(H2,16,17,18)/b14-5-. The Bertz CT molecular complexity index is 641. The van der Waals surface area contributed by atoms with Crippen LogP contribution in [0.3, 0.4) is 0 Å². The van der Waals surface area contributed by atoms with E-state index in [-0.39, 0.29) is 5.02 Å². The molecule has 0 bridgehead atoms. The molecule has 2 aromatic rings. The lowest BCUT2D eigenvalue weighted by atomic mass is 10.2. The Hall–Kier alpha value is -1.66. The number of H-pyrrole nitrogens is 1. The van der Waals surface area contributed by atoms with Gasteiger partial charge in [-0.3, -0.25) is 10.2 Å². The van der Waals surface area contributed by atoms with E-state index in [1.54, 1.807) is 6.21 Å². The summed E-state index contributed by atoms with van der Waals surface area (Å²) in [5.41, 5.74) is 3.46. The number of halogens is 2. The van der Waals surface area contributed by atoms with Crippen molar-refractivity contribution in [2.45, 2.75) is 0 Å². The summed E-state index contributed by atoms with van der Waals surface area (Å²) in [5.74, 6) is 0. The minimum atomic E-state index is -0.459. The van der Waals surface area contributed by atoms with E-state index in [9.17, 15) is 4.79 Å². The molecule has 0 atom stereocenters. The quantitative estimate of drug-likeness (QED) is 0.672. The summed E-state index contributed by atoms with van der Waals surface area (Å²) in [6, 6.07) is 7.62. The summed E-state index contributed by atoms with van der Waals surface area (Å²) < 4.78 is 0.960. The number of hydrogen-bond acceptors (Lipinski definition) is 4. The minimum absolute atomic E-state index is 0.0244. The van der Waals surface area contributed by atoms with E-state index in [4.69, 9.17) is 11.6 Å². The number of nitrogens with one attached hydrogen (secondary N) is 2. The fourth-order valence-corrected chi connectivity index (χ4v) is 1.77. The Morgan fingerprint density at radius 3 is 3.11 bits per heavy atom. The van der Waals surface area contributed by atoms with Gasteiger partial charge in [0.25, 0.3) is 5.56 Å². The largest absolute Gasteiger partial charge is 0.285 e. The van der Waals surface area contributed by atoms with E-state index in [1.807, 2.05) is 24.3 Å². The normalized spacial score (nSPS) is 10.8. The van der Waals surface area contributed by atoms with Crippen molar-refractivity contribution in [2.24, 2.45) is 5.10 Å². The summed E-state index contributed by atoms with van der Waals surface area (Å²) in [6.45, 7) is 0. The first kappa shape index (κ1) is 12.8. The van der Waals surface area contributed by atoms with Crippen molar-refractivity contribution in [1.82, 2.24) is 10.2 Å². The Balaban J connectivity index is 2.12. The van der Waals surface area contributed by atoms with Crippen LogP contribution in [0.5, 0.6) is 0 Å². The average Bonchev–Trinajstić information content (AvgIpc) is 2.35. The molecule has 0 radical (unpaired) electrons.